The Labute approximate surface area is 108 Å². The first kappa shape index (κ1) is 12.8. The van der Waals surface area contributed by atoms with Crippen molar-refractivity contribution >= 4 is 0 Å². The van der Waals surface area contributed by atoms with Gasteiger partial charge in [-0.1, -0.05) is 60.2 Å². The van der Waals surface area contributed by atoms with Crippen LogP contribution >= 0.6 is 0 Å². The lowest BCUT2D eigenvalue weighted by Crippen LogP contribution is -2.21. The van der Waals surface area contributed by atoms with Crippen molar-refractivity contribution in [2.24, 2.45) is 0 Å². The number of hydrogen-bond acceptors (Lipinski definition) is 2. The number of aryl methyl sites for hydroxylation is 1. The van der Waals surface area contributed by atoms with E-state index in [9.17, 15) is 5.11 Å². The molecule has 2 N–H and O–H groups in total. The predicted octanol–water partition coefficient (Wildman–Crippen LogP) is 2.82. The van der Waals surface area contributed by atoms with Crippen LogP contribution in [0.3, 0.4) is 0 Å². The van der Waals surface area contributed by atoms with Gasteiger partial charge < -0.3 is 10.4 Å². The smallest absolute Gasteiger partial charge is 0.0914 e. The molecule has 0 aromatic heterocycles. The summed E-state index contributed by atoms with van der Waals surface area (Å²) in [5, 5.41) is 13.3. The number of hydrogen-bond donors (Lipinski definition) is 2. The second-order valence-electron chi connectivity index (χ2n) is 4.55. The molecular formula is C16H19NO. The van der Waals surface area contributed by atoms with E-state index in [2.05, 4.69) is 36.5 Å². The van der Waals surface area contributed by atoms with Crippen LogP contribution in [0.1, 0.15) is 22.8 Å². The van der Waals surface area contributed by atoms with Gasteiger partial charge in [-0.15, -0.1) is 0 Å². The molecule has 0 aliphatic heterocycles. The predicted molar refractivity (Wildman–Crippen MR) is 74.3 cm³/mol. The van der Waals surface area contributed by atoms with Crippen LogP contribution in [0.25, 0.3) is 0 Å². The summed E-state index contributed by atoms with van der Waals surface area (Å²) in [6.07, 6.45) is -0.448. The van der Waals surface area contributed by atoms with Gasteiger partial charge in [-0.3, -0.25) is 0 Å². The Balaban J connectivity index is 1.82. The Morgan fingerprint density at radius 3 is 2.56 bits per heavy atom. The third-order valence-electron chi connectivity index (χ3n) is 2.93. The quantitative estimate of drug-likeness (QED) is 0.843. The summed E-state index contributed by atoms with van der Waals surface area (Å²) in [5.41, 5.74) is 3.46. The second-order valence-corrected chi connectivity index (χ2v) is 4.55. The van der Waals surface area contributed by atoms with E-state index < -0.39 is 6.10 Å². The van der Waals surface area contributed by atoms with Crippen molar-refractivity contribution in [1.82, 2.24) is 5.32 Å². The van der Waals surface area contributed by atoms with E-state index in [4.69, 9.17) is 0 Å². The van der Waals surface area contributed by atoms with Gasteiger partial charge in [0.05, 0.1) is 6.10 Å². The molecule has 0 saturated carbocycles. The van der Waals surface area contributed by atoms with Crippen LogP contribution in [0.4, 0.5) is 0 Å². The summed E-state index contributed by atoms with van der Waals surface area (Å²) in [4.78, 5) is 0. The molecule has 0 amide bonds. The maximum Gasteiger partial charge on any atom is 0.0914 e. The Kier molecular flexibility index (Phi) is 4.51. The molecule has 0 heterocycles. The van der Waals surface area contributed by atoms with Gasteiger partial charge in [0.1, 0.15) is 0 Å². The summed E-state index contributed by atoms with van der Waals surface area (Å²) >= 11 is 0. The van der Waals surface area contributed by atoms with Crippen LogP contribution in [0.2, 0.25) is 0 Å². The van der Waals surface area contributed by atoms with E-state index in [-0.39, 0.29) is 0 Å². The van der Waals surface area contributed by atoms with Crippen LogP contribution in [0, 0.1) is 6.92 Å². The Hall–Kier alpha value is -1.64. The molecule has 0 radical (unpaired) electrons. The fourth-order valence-electron chi connectivity index (χ4n) is 1.97. The lowest BCUT2D eigenvalue weighted by Gasteiger charge is -2.12. The van der Waals surface area contributed by atoms with Gasteiger partial charge in [-0.05, 0) is 18.1 Å². The molecule has 0 spiro atoms. The summed E-state index contributed by atoms with van der Waals surface area (Å²) in [5.74, 6) is 0. The minimum atomic E-state index is -0.448. The lowest BCUT2D eigenvalue weighted by molar-refractivity contribution is 0.174. The molecule has 0 aliphatic rings. The van der Waals surface area contributed by atoms with Crippen LogP contribution in [0.15, 0.2) is 54.6 Å². The molecule has 2 rings (SSSR count). The van der Waals surface area contributed by atoms with Crippen molar-refractivity contribution in [3.63, 3.8) is 0 Å². The molecule has 2 heteroatoms. The molecule has 0 saturated heterocycles. The second kappa shape index (κ2) is 6.34. The number of rotatable bonds is 5. The van der Waals surface area contributed by atoms with Crippen molar-refractivity contribution in [2.75, 3.05) is 6.54 Å². The fraction of sp³-hybridized carbons (Fsp3) is 0.250. The van der Waals surface area contributed by atoms with Crippen LogP contribution < -0.4 is 5.32 Å². The average molecular weight is 241 g/mol. The van der Waals surface area contributed by atoms with E-state index in [0.717, 1.165) is 12.1 Å². The zero-order valence-electron chi connectivity index (χ0n) is 10.6. The molecule has 2 aromatic rings. The van der Waals surface area contributed by atoms with E-state index >= 15 is 0 Å². The largest absolute Gasteiger partial charge is 0.387 e. The minimum absolute atomic E-state index is 0.448. The van der Waals surface area contributed by atoms with Crippen molar-refractivity contribution in [3.8, 4) is 0 Å². The highest BCUT2D eigenvalue weighted by Gasteiger charge is 2.05. The van der Waals surface area contributed by atoms with Crippen molar-refractivity contribution in [3.05, 3.63) is 71.3 Å². The van der Waals surface area contributed by atoms with Gasteiger partial charge in [-0.25, -0.2) is 0 Å². The highest BCUT2D eigenvalue weighted by Crippen LogP contribution is 2.11. The number of aliphatic hydroxyl groups is 1. The summed E-state index contributed by atoms with van der Waals surface area (Å²) in [7, 11) is 0. The first-order chi connectivity index (χ1) is 8.75. The summed E-state index contributed by atoms with van der Waals surface area (Å²) < 4.78 is 0. The van der Waals surface area contributed by atoms with Crippen molar-refractivity contribution < 1.29 is 5.11 Å². The number of nitrogens with one attached hydrogen (secondary N) is 1. The van der Waals surface area contributed by atoms with Gasteiger partial charge in [0.15, 0.2) is 0 Å². The summed E-state index contributed by atoms with van der Waals surface area (Å²) in [6.45, 7) is 3.44. The normalized spacial score (nSPS) is 12.3. The monoisotopic (exact) mass is 241 g/mol. The first-order valence-corrected chi connectivity index (χ1v) is 6.25. The van der Waals surface area contributed by atoms with Crippen molar-refractivity contribution in [1.29, 1.82) is 0 Å². The highest BCUT2D eigenvalue weighted by molar-refractivity contribution is 5.22. The van der Waals surface area contributed by atoms with Gasteiger partial charge in [0, 0.05) is 13.1 Å². The van der Waals surface area contributed by atoms with Gasteiger partial charge in [-0.2, -0.15) is 0 Å². The first-order valence-electron chi connectivity index (χ1n) is 6.25. The summed E-state index contributed by atoms with van der Waals surface area (Å²) in [6, 6.07) is 18.1. The molecule has 94 valence electrons. The lowest BCUT2D eigenvalue weighted by atomic mass is 10.1. The van der Waals surface area contributed by atoms with Gasteiger partial charge >= 0.3 is 0 Å². The van der Waals surface area contributed by atoms with Crippen molar-refractivity contribution in [2.45, 2.75) is 19.6 Å². The van der Waals surface area contributed by atoms with E-state index in [1.54, 1.807) is 0 Å². The molecule has 2 nitrogen and oxygen atoms in total. The third-order valence-corrected chi connectivity index (χ3v) is 2.93. The maximum absolute atomic E-state index is 9.99. The highest BCUT2D eigenvalue weighted by atomic mass is 16.3. The molecule has 18 heavy (non-hydrogen) atoms. The van der Waals surface area contributed by atoms with Crippen LogP contribution in [-0.4, -0.2) is 11.7 Å². The Morgan fingerprint density at radius 2 is 1.83 bits per heavy atom. The number of aliphatic hydroxyl groups excluding tert-OH is 1. The van der Waals surface area contributed by atoms with E-state index in [0.29, 0.717) is 6.54 Å². The van der Waals surface area contributed by atoms with Crippen LogP contribution in [-0.2, 0) is 6.54 Å². The van der Waals surface area contributed by atoms with Crippen LogP contribution in [0.5, 0.6) is 0 Å². The molecule has 1 unspecified atom stereocenters. The Bertz CT molecular complexity index is 481. The fourth-order valence-corrected chi connectivity index (χ4v) is 1.97. The van der Waals surface area contributed by atoms with E-state index in [1.807, 2.05) is 30.3 Å². The standard InChI is InChI=1S/C16H19NO/c1-13-6-5-7-14(10-13)11-17-12-16(18)15-8-3-2-4-9-15/h2-10,16-18H,11-12H2,1H3. The minimum Gasteiger partial charge on any atom is -0.387 e. The van der Waals surface area contributed by atoms with Gasteiger partial charge in [0.2, 0.25) is 0 Å². The topological polar surface area (TPSA) is 32.3 Å². The molecule has 2 aromatic carbocycles. The van der Waals surface area contributed by atoms with E-state index in [1.165, 1.54) is 11.1 Å². The zero-order chi connectivity index (χ0) is 12.8. The molecular weight excluding hydrogens is 222 g/mol. The zero-order valence-corrected chi connectivity index (χ0v) is 10.6. The Morgan fingerprint density at radius 1 is 1.06 bits per heavy atom. The molecule has 0 aliphatic carbocycles. The average Bonchev–Trinajstić information content (AvgIpc) is 2.40. The molecule has 1 atom stereocenters. The molecule has 0 fully saturated rings. The van der Waals surface area contributed by atoms with Gasteiger partial charge in [0.25, 0.3) is 0 Å². The SMILES string of the molecule is Cc1cccc(CNCC(O)c2ccccc2)c1. The number of benzene rings is 2. The maximum atomic E-state index is 9.99. The molecule has 0 bridgehead atoms. The third kappa shape index (κ3) is 3.69.